The summed E-state index contributed by atoms with van der Waals surface area (Å²) in [5, 5.41) is 9.64. The molecule has 1 saturated carbocycles. The van der Waals surface area contributed by atoms with Crippen molar-refractivity contribution in [1.29, 1.82) is 0 Å². The molecular weight excluding hydrogens is 200 g/mol. The Hall–Kier alpha value is -1.09. The summed E-state index contributed by atoms with van der Waals surface area (Å²) >= 11 is 0. The van der Waals surface area contributed by atoms with Crippen molar-refractivity contribution < 1.29 is 5.11 Å². The summed E-state index contributed by atoms with van der Waals surface area (Å²) in [6.07, 6.45) is 8.01. The van der Waals surface area contributed by atoms with Crippen LogP contribution in [0.25, 0.3) is 0 Å². The Bertz CT molecular complexity index is 298. The molecule has 1 heterocycles. The van der Waals surface area contributed by atoms with E-state index in [1.165, 1.54) is 19.3 Å². The summed E-state index contributed by atoms with van der Waals surface area (Å²) < 4.78 is 0. The molecule has 0 spiro atoms. The highest BCUT2D eigenvalue weighted by Gasteiger charge is 2.30. The predicted octanol–water partition coefficient (Wildman–Crippen LogP) is 2.61. The summed E-state index contributed by atoms with van der Waals surface area (Å²) in [7, 11) is 0. The van der Waals surface area contributed by atoms with Crippen LogP contribution < -0.4 is 5.73 Å². The largest absolute Gasteiger partial charge is 0.397 e. The lowest BCUT2D eigenvalue weighted by molar-refractivity contribution is -0.0239. The van der Waals surface area contributed by atoms with E-state index in [2.05, 4.69) is 11.9 Å². The van der Waals surface area contributed by atoms with Crippen molar-refractivity contribution in [2.24, 2.45) is 5.92 Å². The van der Waals surface area contributed by atoms with Gasteiger partial charge in [0.15, 0.2) is 0 Å². The third-order valence-corrected chi connectivity index (χ3v) is 3.32. The SMILES string of the molecule is C[C@H]1CCCC[C@]1(C)O.Nc1cccnc1. The number of hydrogen-bond acceptors (Lipinski definition) is 3. The second kappa shape index (κ2) is 5.85. The first-order valence-corrected chi connectivity index (χ1v) is 5.90. The van der Waals surface area contributed by atoms with Gasteiger partial charge in [0.25, 0.3) is 0 Å². The van der Waals surface area contributed by atoms with E-state index in [0.29, 0.717) is 11.6 Å². The zero-order chi connectivity index (χ0) is 12.0. The van der Waals surface area contributed by atoms with Crippen LogP contribution in [-0.4, -0.2) is 15.7 Å². The molecule has 0 bridgehead atoms. The summed E-state index contributed by atoms with van der Waals surface area (Å²) in [6, 6.07) is 3.60. The fourth-order valence-corrected chi connectivity index (χ4v) is 1.87. The van der Waals surface area contributed by atoms with Crippen molar-refractivity contribution in [3.8, 4) is 0 Å². The first kappa shape index (κ1) is 13.0. The van der Waals surface area contributed by atoms with Gasteiger partial charge in [0.1, 0.15) is 0 Å². The molecule has 1 aromatic rings. The molecule has 1 fully saturated rings. The van der Waals surface area contributed by atoms with Gasteiger partial charge in [-0.25, -0.2) is 0 Å². The monoisotopic (exact) mass is 222 g/mol. The van der Waals surface area contributed by atoms with E-state index < -0.39 is 0 Å². The second-order valence-electron chi connectivity index (χ2n) is 4.79. The summed E-state index contributed by atoms with van der Waals surface area (Å²) in [5.41, 5.74) is 5.64. The smallest absolute Gasteiger partial charge is 0.0645 e. The first-order chi connectivity index (χ1) is 7.52. The molecule has 3 heteroatoms. The molecule has 0 unspecified atom stereocenters. The number of rotatable bonds is 0. The zero-order valence-electron chi connectivity index (χ0n) is 10.2. The van der Waals surface area contributed by atoms with Gasteiger partial charge in [-0.05, 0) is 37.8 Å². The van der Waals surface area contributed by atoms with Gasteiger partial charge in [-0.1, -0.05) is 19.8 Å². The fourth-order valence-electron chi connectivity index (χ4n) is 1.87. The number of hydrogen-bond donors (Lipinski definition) is 2. The van der Waals surface area contributed by atoms with Gasteiger partial charge in [0.05, 0.1) is 11.3 Å². The van der Waals surface area contributed by atoms with Gasteiger partial charge in [-0.2, -0.15) is 0 Å². The van der Waals surface area contributed by atoms with E-state index >= 15 is 0 Å². The van der Waals surface area contributed by atoms with Crippen LogP contribution in [0.5, 0.6) is 0 Å². The Labute approximate surface area is 97.7 Å². The molecular formula is C13H22N2O. The topological polar surface area (TPSA) is 59.1 Å². The maximum absolute atomic E-state index is 9.64. The zero-order valence-corrected chi connectivity index (χ0v) is 10.2. The average Bonchev–Trinajstić information content (AvgIpc) is 2.24. The van der Waals surface area contributed by atoms with E-state index in [1.54, 1.807) is 24.5 Å². The molecule has 1 aliphatic carbocycles. The number of anilines is 1. The molecule has 3 nitrogen and oxygen atoms in total. The number of aliphatic hydroxyl groups is 1. The van der Waals surface area contributed by atoms with E-state index in [0.717, 1.165) is 6.42 Å². The van der Waals surface area contributed by atoms with Crippen molar-refractivity contribution in [3.63, 3.8) is 0 Å². The van der Waals surface area contributed by atoms with Gasteiger partial charge in [0, 0.05) is 12.4 Å². The van der Waals surface area contributed by atoms with Gasteiger partial charge in [-0.15, -0.1) is 0 Å². The minimum absolute atomic E-state index is 0.363. The van der Waals surface area contributed by atoms with Crippen LogP contribution in [0.3, 0.4) is 0 Å². The molecule has 0 amide bonds. The van der Waals surface area contributed by atoms with Crippen molar-refractivity contribution in [2.45, 2.75) is 45.1 Å². The molecule has 1 aromatic heterocycles. The normalized spacial score (nSPS) is 29.1. The summed E-state index contributed by atoms with van der Waals surface area (Å²) in [6.45, 7) is 4.09. The molecule has 2 rings (SSSR count). The number of nitrogens with zero attached hydrogens (tertiary/aromatic N) is 1. The molecule has 3 N–H and O–H groups in total. The van der Waals surface area contributed by atoms with Crippen molar-refractivity contribution in [1.82, 2.24) is 4.98 Å². The Morgan fingerprint density at radius 1 is 1.50 bits per heavy atom. The Morgan fingerprint density at radius 2 is 2.25 bits per heavy atom. The number of nitrogen functional groups attached to an aromatic ring is 1. The standard InChI is InChI=1S/C8H16O.C5H6N2/c1-7-5-3-4-6-8(7,2)9;6-5-2-1-3-7-4-5/h7,9H,3-6H2,1-2H3;1-4H,6H2/t7-,8-;/m0./s1. The van der Waals surface area contributed by atoms with Crippen LogP contribution in [0.4, 0.5) is 5.69 Å². The molecule has 0 saturated heterocycles. The molecule has 0 radical (unpaired) electrons. The minimum atomic E-state index is -0.363. The van der Waals surface area contributed by atoms with Crippen molar-refractivity contribution in [2.75, 3.05) is 5.73 Å². The highest BCUT2D eigenvalue weighted by molar-refractivity contribution is 5.32. The second-order valence-corrected chi connectivity index (χ2v) is 4.79. The van der Waals surface area contributed by atoms with Crippen LogP contribution >= 0.6 is 0 Å². The quantitative estimate of drug-likeness (QED) is 0.709. The van der Waals surface area contributed by atoms with Crippen LogP contribution in [0, 0.1) is 5.92 Å². The van der Waals surface area contributed by atoms with Crippen LogP contribution in [0.2, 0.25) is 0 Å². The molecule has 1 aliphatic rings. The third kappa shape index (κ3) is 4.19. The maximum atomic E-state index is 9.64. The molecule has 16 heavy (non-hydrogen) atoms. The Morgan fingerprint density at radius 3 is 2.56 bits per heavy atom. The van der Waals surface area contributed by atoms with E-state index in [4.69, 9.17) is 5.73 Å². The van der Waals surface area contributed by atoms with E-state index in [1.807, 2.05) is 6.92 Å². The number of nitrogens with two attached hydrogens (primary N) is 1. The van der Waals surface area contributed by atoms with Gasteiger partial charge in [-0.3, -0.25) is 4.98 Å². The predicted molar refractivity (Wildman–Crippen MR) is 66.9 cm³/mol. The third-order valence-electron chi connectivity index (χ3n) is 3.32. The molecule has 0 aliphatic heterocycles. The average molecular weight is 222 g/mol. The lowest BCUT2D eigenvalue weighted by Gasteiger charge is -2.34. The molecule has 0 aromatic carbocycles. The Kier molecular flexibility index (Phi) is 4.74. The Balaban J connectivity index is 0.000000165. The van der Waals surface area contributed by atoms with Crippen LogP contribution in [0.1, 0.15) is 39.5 Å². The number of aromatic nitrogens is 1. The minimum Gasteiger partial charge on any atom is -0.397 e. The van der Waals surface area contributed by atoms with Gasteiger partial charge < -0.3 is 10.8 Å². The molecule has 2 atom stereocenters. The lowest BCUT2D eigenvalue weighted by Crippen LogP contribution is -2.35. The van der Waals surface area contributed by atoms with Crippen molar-refractivity contribution in [3.05, 3.63) is 24.5 Å². The highest BCUT2D eigenvalue weighted by atomic mass is 16.3. The van der Waals surface area contributed by atoms with Crippen molar-refractivity contribution >= 4 is 5.69 Å². The summed E-state index contributed by atoms with van der Waals surface area (Å²) in [4.78, 5) is 3.76. The summed E-state index contributed by atoms with van der Waals surface area (Å²) in [5.74, 6) is 0.506. The van der Waals surface area contributed by atoms with Crippen LogP contribution in [0.15, 0.2) is 24.5 Å². The fraction of sp³-hybridized carbons (Fsp3) is 0.615. The number of pyridine rings is 1. The van der Waals surface area contributed by atoms with Gasteiger partial charge >= 0.3 is 0 Å². The van der Waals surface area contributed by atoms with Crippen LogP contribution in [-0.2, 0) is 0 Å². The lowest BCUT2D eigenvalue weighted by atomic mass is 9.78. The van der Waals surface area contributed by atoms with E-state index in [9.17, 15) is 5.11 Å². The van der Waals surface area contributed by atoms with Gasteiger partial charge in [0.2, 0.25) is 0 Å². The highest BCUT2D eigenvalue weighted by Crippen LogP contribution is 2.32. The maximum Gasteiger partial charge on any atom is 0.0645 e. The molecule has 90 valence electrons. The first-order valence-electron chi connectivity index (χ1n) is 5.90. The van der Waals surface area contributed by atoms with E-state index in [-0.39, 0.29) is 5.60 Å².